The van der Waals surface area contributed by atoms with E-state index in [0.717, 1.165) is 83.5 Å². The average molecular weight is 1080 g/mol. The van der Waals surface area contributed by atoms with E-state index in [1.54, 1.807) is 0 Å². The third-order valence-corrected chi connectivity index (χ3v) is 15.0. The standard InChI is InChI=1S/C71H128O6/c1-4-7-10-13-16-19-22-25-28-30-31-32-33-34-35-36-37-38-39-41-43-46-49-52-55-58-61-64-70(73)76-67-68(66-75-69(72)63-60-57-54-51-48-45-42-27-24-21-18-15-12-9-6-3)77-71(74)65-62-59-56-53-50-47-44-40-29-26-23-20-17-14-11-8-5-2/h7,10,16,19,25-26,28-29,31-32,68H,4-6,8-9,11-15,17-18,20-24,27,30,33-67H2,1-3H3/b10-7-,19-16-,28-25-,29-26-,32-31-. The Balaban J connectivity index is 4.26. The van der Waals surface area contributed by atoms with E-state index in [0.29, 0.717) is 19.3 Å². The average Bonchev–Trinajstić information content (AvgIpc) is 3.43. The molecule has 0 aliphatic heterocycles. The lowest BCUT2D eigenvalue weighted by Crippen LogP contribution is -2.30. The van der Waals surface area contributed by atoms with Gasteiger partial charge in [0.25, 0.3) is 0 Å². The number of esters is 3. The van der Waals surface area contributed by atoms with Crippen molar-refractivity contribution < 1.29 is 28.6 Å². The molecule has 1 atom stereocenters. The topological polar surface area (TPSA) is 78.9 Å². The third-order valence-electron chi connectivity index (χ3n) is 15.0. The summed E-state index contributed by atoms with van der Waals surface area (Å²) in [4.78, 5) is 38.4. The zero-order valence-electron chi connectivity index (χ0n) is 51.5. The van der Waals surface area contributed by atoms with E-state index in [1.165, 1.54) is 231 Å². The molecule has 6 heteroatoms. The van der Waals surface area contributed by atoms with E-state index in [2.05, 4.69) is 81.5 Å². The predicted octanol–water partition coefficient (Wildman–Crippen LogP) is 23.1. The maximum absolute atomic E-state index is 12.9. The molecule has 0 saturated heterocycles. The molecule has 0 aromatic carbocycles. The Labute approximate surface area is 479 Å². The minimum Gasteiger partial charge on any atom is -0.462 e. The maximum Gasteiger partial charge on any atom is 0.306 e. The highest BCUT2D eigenvalue weighted by molar-refractivity contribution is 5.71. The van der Waals surface area contributed by atoms with Crippen LogP contribution >= 0.6 is 0 Å². The smallest absolute Gasteiger partial charge is 0.306 e. The first-order valence-corrected chi connectivity index (χ1v) is 33.8. The van der Waals surface area contributed by atoms with Crippen molar-refractivity contribution in [1.82, 2.24) is 0 Å². The largest absolute Gasteiger partial charge is 0.462 e. The summed E-state index contributed by atoms with van der Waals surface area (Å²) in [5.74, 6) is -0.853. The van der Waals surface area contributed by atoms with Crippen molar-refractivity contribution in [3.63, 3.8) is 0 Å². The second-order valence-corrected chi connectivity index (χ2v) is 22.7. The van der Waals surface area contributed by atoms with Crippen LogP contribution in [-0.4, -0.2) is 37.2 Å². The first kappa shape index (κ1) is 74.1. The van der Waals surface area contributed by atoms with Crippen molar-refractivity contribution >= 4 is 17.9 Å². The van der Waals surface area contributed by atoms with Crippen LogP contribution in [0.3, 0.4) is 0 Å². The number of hydrogen-bond donors (Lipinski definition) is 0. The van der Waals surface area contributed by atoms with E-state index < -0.39 is 6.10 Å². The summed E-state index contributed by atoms with van der Waals surface area (Å²) < 4.78 is 17.0. The van der Waals surface area contributed by atoms with E-state index in [9.17, 15) is 14.4 Å². The van der Waals surface area contributed by atoms with E-state index in [1.807, 2.05) is 0 Å². The molecule has 0 aromatic heterocycles. The summed E-state index contributed by atoms with van der Waals surface area (Å²) >= 11 is 0. The Morgan fingerprint density at radius 1 is 0.273 bits per heavy atom. The van der Waals surface area contributed by atoms with Gasteiger partial charge < -0.3 is 14.2 Å². The molecule has 0 amide bonds. The lowest BCUT2D eigenvalue weighted by Gasteiger charge is -2.18. The number of carbonyl (C=O) groups excluding carboxylic acids is 3. The molecule has 0 bridgehead atoms. The highest BCUT2D eigenvalue weighted by atomic mass is 16.6. The maximum atomic E-state index is 12.9. The van der Waals surface area contributed by atoms with Crippen molar-refractivity contribution in [1.29, 1.82) is 0 Å². The first-order chi connectivity index (χ1) is 38.0. The number of carbonyl (C=O) groups is 3. The molecule has 0 radical (unpaired) electrons. The monoisotopic (exact) mass is 1080 g/mol. The lowest BCUT2D eigenvalue weighted by atomic mass is 10.0. The van der Waals surface area contributed by atoms with Crippen molar-refractivity contribution in [2.45, 2.75) is 361 Å². The molecule has 448 valence electrons. The Morgan fingerprint density at radius 3 is 0.805 bits per heavy atom. The van der Waals surface area contributed by atoms with Crippen LogP contribution < -0.4 is 0 Å². The molecule has 77 heavy (non-hydrogen) atoms. The molecule has 0 aliphatic carbocycles. The van der Waals surface area contributed by atoms with E-state index in [4.69, 9.17) is 14.2 Å². The number of rotatable bonds is 62. The Kier molecular flexibility index (Phi) is 63.2. The highest BCUT2D eigenvalue weighted by Crippen LogP contribution is 2.18. The molecule has 0 aromatic rings. The summed E-state index contributed by atoms with van der Waals surface area (Å²) in [7, 11) is 0. The van der Waals surface area contributed by atoms with Gasteiger partial charge in [-0.3, -0.25) is 14.4 Å². The minimum absolute atomic E-state index is 0.0708. The summed E-state index contributed by atoms with van der Waals surface area (Å²) in [5, 5.41) is 0. The molecule has 0 saturated carbocycles. The summed E-state index contributed by atoms with van der Waals surface area (Å²) in [6.45, 7) is 6.58. The van der Waals surface area contributed by atoms with Crippen molar-refractivity contribution in [2.24, 2.45) is 0 Å². The van der Waals surface area contributed by atoms with Gasteiger partial charge in [-0.25, -0.2) is 0 Å². The molecular formula is C71H128O6. The zero-order valence-corrected chi connectivity index (χ0v) is 51.5. The third kappa shape index (κ3) is 63.8. The second-order valence-electron chi connectivity index (χ2n) is 22.7. The van der Waals surface area contributed by atoms with Gasteiger partial charge >= 0.3 is 17.9 Å². The fraction of sp³-hybridized carbons (Fsp3) is 0.817. The number of ether oxygens (including phenoxy) is 3. The molecule has 0 rings (SSSR count). The SMILES string of the molecule is CC/C=C\C/C=C\C/C=C\C/C=C\CCCCCCCCCCCCCCCCC(=O)OCC(COC(=O)CCCCCCCCCCCCCCCCC)OC(=O)CCCCCCCCC/C=C\CCCCCCCC. The molecule has 0 spiro atoms. The predicted molar refractivity (Wildman–Crippen MR) is 335 cm³/mol. The quantitative estimate of drug-likeness (QED) is 0.0261. The normalized spacial score (nSPS) is 12.4. The van der Waals surface area contributed by atoms with E-state index >= 15 is 0 Å². The van der Waals surface area contributed by atoms with Gasteiger partial charge in [0.1, 0.15) is 13.2 Å². The zero-order chi connectivity index (χ0) is 55.7. The van der Waals surface area contributed by atoms with Crippen LogP contribution in [0.5, 0.6) is 0 Å². The Hall–Kier alpha value is -2.89. The van der Waals surface area contributed by atoms with Gasteiger partial charge in [-0.05, 0) is 83.5 Å². The summed E-state index contributed by atoms with van der Waals surface area (Å²) in [5.41, 5.74) is 0. The number of hydrogen-bond acceptors (Lipinski definition) is 6. The molecule has 6 nitrogen and oxygen atoms in total. The van der Waals surface area contributed by atoms with Crippen LogP contribution in [0.4, 0.5) is 0 Å². The van der Waals surface area contributed by atoms with Crippen LogP contribution in [0, 0.1) is 0 Å². The van der Waals surface area contributed by atoms with Gasteiger partial charge in [0.2, 0.25) is 0 Å². The van der Waals surface area contributed by atoms with Crippen molar-refractivity contribution in [2.75, 3.05) is 13.2 Å². The lowest BCUT2D eigenvalue weighted by molar-refractivity contribution is -0.167. The Morgan fingerprint density at radius 2 is 0.506 bits per heavy atom. The second kappa shape index (κ2) is 65.6. The van der Waals surface area contributed by atoms with Crippen LogP contribution in [0.1, 0.15) is 355 Å². The van der Waals surface area contributed by atoms with Gasteiger partial charge in [-0.1, -0.05) is 313 Å². The van der Waals surface area contributed by atoms with E-state index in [-0.39, 0.29) is 31.1 Å². The summed E-state index contributed by atoms with van der Waals surface area (Å²) in [6, 6.07) is 0. The molecule has 0 heterocycles. The van der Waals surface area contributed by atoms with Crippen LogP contribution in [0.2, 0.25) is 0 Å². The van der Waals surface area contributed by atoms with Gasteiger partial charge in [-0.2, -0.15) is 0 Å². The minimum atomic E-state index is -0.775. The molecular weight excluding hydrogens is 949 g/mol. The highest BCUT2D eigenvalue weighted by Gasteiger charge is 2.19. The van der Waals surface area contributed by atoms with Gasteiger partial charge in [0.05, 0.1) is 0 Å². The van der Waals surface area contributed by atoms with Gasteiger partial charge in [0, 0.05) is 19.3 Å². The Bertz CT molecular complexity index is 1380. The van der Waals surface area contributed by atoms with Crippen molar-refractivity contribution in [3.8, 4) is 0 Å². The van der Waals surface area contributed by atoms with Crippen LogP contribution in [0.15, 0.2) is 60.8 Å². The fourth-order valence-electron chi connectivity index (χ4n) is 9.96. The summed E-state index contributed by atoms with van der Waals surface area (Å²) in [6.07, 6.45) is 83.8. The van der Waals surface area contributed by atoms with Crippen LogP contribution in [0.25, 0.3) is 0 Å². The molecule has 0 N–H and O–H groups in total. The van der Waals surface area contributed by atoms with Crippen LogP contribution in [-0.2, 0) is 28.6 Å². The number of unbranched alkanes of at least 4 members (excludes halogenated alkanes) is 41. The fourth-order valence-corrected chi connectivity index (χ4v) is 9.96. The van der Waals surface area contributed by atoms with Gasteiger partial charge in [-0.15, -0.1) is 0 Å². The number of allylic oxidation sites excluding steroid dienone is 10. The first-order valence-electron chi connectivity index (χ1n) is 33.8. The van der Waals surface area contributed by atoms with Crippen molar-refractivity contribution in [3.05, 3.63) is 60.8 Å². The molecule has 0 aliphatic rings. The van der Waals surface area contributed by atoms with Gasteiger partial charge in [0.15, 0.2) is 6.10 Å². The molecule has 0 fully saturated rings. The molecule has 1 unspecified atom stereocenters.